The molecule has 1 N–H and O–H groups in total. The first-order valence-corrected chi connectivity index (χ1v) is 8.59. The number of H-pyrrole nitrogens is 1. The normalized spacial score (nSPS) is 25.1. The molecule has 0 radical (unpaired) electrons. The van der Waals surface area contributed by atoms with E-state index in [4.69, 9.17) is 0 Å². The van der Waals surface area contributed by atoms with Crippen LogP contribution >= 0.6 is 0 Å². The highest BCUT2D eigenvalue weighted by Gasteiger charge is 2.39. The van der Waals surface area contributed by atoms with Crippen LogP contribution in [0.5, 0.6) is 0 Å². The van der Waals surface area contributed by atoms with Gasteiger partial charge in [0.15, 0.2) is 15.5 Å². The Balaban J connectivity index is 1.96. The highest BCUT2D eigenvalue weighted by molar-refractivity contribution is 7.92. The third-order valence-corrected chi connectivity index (χ3v) is 6.57. The number of nitrogens with zero attached hydrogens (tertiary/aromatic N) is 2. The highest BCUT2D eigenvalue weighted by Crippen LogP contribution is 2.23. The van der Waals surface area contributed by atoms with Crippen molar-refractivity contribution in [2.75, 3.05) is 12.3 Å². The van der Waals surface area contributed by atoms with Crippen LogP contribution in [0.2, 0.25) is 0 Å². The number of hydrogen-bond acceptors (Lipinski definition) is 4. The minimum absolute atomic E-state index is 0.00655. The summed E-state index contributed by atoms with van der Waals surface area (Å²) < 4.78 is 23.8. The predicted octanol–water partition coefficient (Wildman–Crippen LogP) is 1.21. The summed E-state index contributed by atoms with van der Waals surface area (Å²) in [5, 5.41) is 7.14. The number of nitrogens with one attached hydrogen (secondary N) is 1. The van der Waals surface area contributed by atoms with Crippen LogP contribution in [0.1, 0.15) is 24.3 Å². The fourth-order valence-corrected chi connectivity index (χ4v) is 4.29. The van der Waals surface area contributed by atoms with Crippen molar-refractivity contribution in [2.24, 2.45) is 0 Å². The van der Waals surface area contributed by atoms with Crippen molar-refractivity contribution in [3.8, 4) is 0 Å². The van der Waals surface area contributed by atoms with E-state index in [1.807, 2.05) is 24.3 Å². The lowest BCUT2D eigenvalue weighted by Gasteiger charge is -2.37. The van der Waals surface area contributed by atoms with E-state index in [-0.39, 0.29) is 24.2 Å². The van der Waals surface area contributed by atoms with Gasteiger partial charge in [0.05, 0.1) is 16.5 Å². The predicted molar refractivity (Wildman–Crippen MR) is 79.8 cm³/mol. The standard InChI is InChI=1S/C14H17N3O3S/c1-9-10(2)21(19,20)8-7-17(9)14(18)13-11-5-3-4-6-12(11)15-16-13/h3-6,9-10H,7-8H2,1-2H3,(H,15,16)/t9-,10+/m0/s1. The molecule has 21 heavy (non-hydrogen) atoms. The molecule has 3 rings (SSSR count). The molecule has 1 fully saturated rings. The molecule has 7 heteroatoms. The molecule has 2 aromatic rings. The molecule has 0 aliphatic carbocycles. The second-order valence-electron chi connectivity index (χ2n) is 5.43. The fraction of sp³-hybridized carbons (Fsp3) is 0.429. The van der Waals surface area contributed by atoms with Crippen LogP contribution in [0.25, 0.3) is 10.9 Å². The molecule has 1 aromatic heterocycles. The third-order valence-electron chi connectivity index (χ3n) is 4.29. The number of aromatic nitrogens is 2. The average Bonchev–Trinajstić information content (AvgIpc) is 2.88. The number of benzene rings is 1. The Bertz CT molecular complexity index is 797. The van der Waals surface area contributed by atoms with Crippen molar-refractivity contribution in [3.63, 3.8) is 0 Å². The lowest BCUT2D eigenvalue weighted by Crippen LogP contribution is -2.54. The van der Waals surface area contributed by atoms with Gasteiger partial charge in [-0.05, 0) is 19.9 Å². The SMILES string of the molecule is C[C@@H]1[C@H](C)N(C(=O)c2n[nH]c3ccccc23)CCS1(=O)=O. The first-order chi connectivity index (χ1) is 9.92. The molecule has 112 valence electrons. The molecular formula is C14H17N3O3S. The van der Waals surface area contributed by atoms with Crippen molar-refractivity contribution in [1.82, 2.24) is 15.1 Å². The van der Waals surface area contributed by atoms with E-state index in [0.717, 1.165) is 10.9 Å². The summed E-state index contributed by atoms with van der Waals surface area (Å²) in [5.74, 6) is -0.214. The van der Waals surface area contributed by atoms with Crippen LogP contribution in [0, 0.1) is 0 Å². The van der Waals surface area contributed by atoms with Gasteiger partial charge in [0.25, 0.3) is 5.91 Å². The molecule has 2 heterocycles. The van der Waals surface area contributed by atoms with Crippen LogP contribution in [0.15, 0.2) is 24.3 Å². The molecule has 0 saturated carbocycles. The molecule has 0 spiro atoms. The Morgan fingerprint density at radius 3 is 2.81 bits per heavy atom. The van der Waals surface area contributed by atoms with E-state index in [1.54, 1.807) is 18.7 Å². The molecular weight excluding hydrogens is 290 g/mol. The summed E-state index contributed by atoms with van der Waals surface area (Å²) in [6, 6.07) is 7.05. The molecule has 2 atom stereocenters. The lowest BCUT2D eigenvalue weighted by atomic mass is 10.1. The highest BCUT2D eigenvalue weighted by atomic mass is 32.2. The molecule has 1 aliphatic rings. The topological polar surface area (TPSA) is 83.1 Å². The van der Waals surface area contributed by atoms with Gasteiger partial charge in [-0.1, -0.05) is 18.2 Å². The van der Waals surface area contributed by atoms with Crippen molar-refractivity contribution in [3.05, 3.63) is 30.0 Å². The maximum absolute atomic E-state index is 12.7. The number of fused-ring (bicyclic) bond motifs is 1. The van der Waals surface area contributed by atoms with Gasteiger partial charge >= 0.3 is 0 Å². The van der Waals surface area contributed by atoms with E-state index >= 15 is 0 Å². The quantitative estimate of drug-likeness (QED) is 0.858. The van der Waals surface area contributed by atoms with Crippen molar-refractivity contribution in [1.29, 1.82) is 0 Å². The molecule has 0 unspecified atom stereocenters. The number of amides is 1. The van der Waals surface area contributed by atoms with Gasteiger partial charge in [0, 0.05) is 18.0 Å². The summed E-state index contributed by atoms with van der Waals surface area (Å²) in [5.41, 5.74) is 1.15. The van der Waals surface area contributed by atoms with Crippen LogP contribution < -0.4 is 0 Å². The fourth-order valence-electron chi connectivity index (χ4n) is 2.72. The summed E-state index contributed by atoms with van der Waals surface area (Å²) >= 11 is 0. The molecule has 0 bridgehead atoms. The number of sulfone groups is 1. The summed E-state index contributed by atoms with van der Waals surface area (Å²) in [6.45, 7) is 3.64. The number of carbonyl (C=O) groups is 1. The number of carbonyl (C=O) groups excluding carboxylic acids is 1. The number of hydrogen-bond donors (Lipinski definition) is 1. The Labute approximate surface area is 123 Å². The zero-order valence-electron chi connectivity index (χ0n) is 11.9. The minimum atomic E-state index is -3.11. The zero-order valence-corrected chi connectivity index (χ0v) is 12.7. The number of para-hydroxylation sites is 1. The summed E-state index contributed by atoms with van der Waals surface area (Å²) in [6.07, 6.45) is 0. The van der Waals surface area contributed by atoms with Gasteiger partial charge in [-0.3, -0.25) is 9.89 Å². The van der Waals surface area contributed by atoms with Crippen LogP contribution in [-0.2, 0) is 9.84 Å². The Morgan fingerprint density at radius 1 is 1.33 bits per heavy atom. The molecule has 1 amide bonds. The van der Waals surface area contributed by atoms with E-state index in [9.17, 15) is 13.2 Å². The first kappa shape index (κ1) is 14.1. The van der Waals surface area contributed by atoms with Crippen LogP contribution in [-0.4, -0.2) is 53.0 Å². The van der Waals surface area contributed by atoms with Crippen LogP contribution in [0.3, 0.4) is 0 Å². The van der Waals surface area contributed by atoms with Crippen molar-refractivity contribution >= 4 is 26.6 Å². The second kappa shape index (κ2) is 4.84. The van der Waals surface area contributed by atoms with E-state index < -0.39 is 15.1 Å². The summed E-state index contributed by atoms with van der Waals surface area (Å²) in [7, 11) is -3.11. The van der Waals surface area contributed by atoms with Crippen LogP contribution in [0.4, 0.5) is 0 Å². The molecule has 1 aliphatic heterocycles. The Kier molecular flexibility index (Phi) is 3.24. The van der Waals surface area contributed by atoms with Gasteiger partial charge in [-0.25, -0.2) is 8.42 Å². The average molecular weight is 307 g/mol. The maximum Gasteiger partial charge on any atom is 0.275 e. The molecule has 1 aromatic carbocycles. The Hall–Kier alpha value is -1.89. The zero-order chi connectivity index (χ0) is 15.2. The van der Waals surface area contributed by atoms with E-state index in [0.29, 0.717) is 5.69 Å². The smallest absolute Gasteiger partial charge is 0.275 e. The Morgan fingerprint density at radius 2 is 2.05 bits per heavy atom. The van der Waals surface area contributed by atoms with E-state index in [2.05, 4.69) is 10.2 Å². The van der Waals surface area contributed by atoms with Crippen molar-refractivity contribution in [2.45, 2.75) is 25.1 Å². The third kappa shape index (κ3) is 2.21. The van der Waals surface area contributed by atoms with E-state index in [1.165, 1.54) is 0 Å². The molecule has 1 saturated heterocycles. The first-order valence-electron chi connectivity index (χ1n) is 6.87. The monoisotopic (exact) mass is 307 g/mol. The number of rotatable bonds is 1. The summed E-state index contributed by atoms with van der Waals surface area (Å²) in [4.78, 5) is 14.3. The second-order valence-corrected chi connectivity index (χ2v) is 7.91. The molecule has 6 nitrogen and oxygen atoms in total. The largest absolute Gasteiger partial charge is 0.332 e. The maximum atomic E-state index is 12.7. The van der Waals surface area contributed by atoms with Gasteiger partial charge < -0.3 is 4.90 Å². The lowest BCUT2D eigenvalue weighted by molar-refractivity contribution is 0.0689. The van der Waals surface area contributed by atoms with Crippen molar-refractivity contribution < 1.29 is 13.2 Å². The van der Waals surface area contributed by atoms with Gasteiger partial charge in [-0.15, -0.1) is 0 Å². The minimum Gasteiger partial charge on any atom is -0.332 e. The van der Waals surface area contributed by atoms with Gasteiger partial charge in [-0.2, -0.15) is 5.10 Å². The van der Waals surface area contributed by atoms with Gasteiger partial charge in [0.2, 0.25) is 0 Å². The number of aromatic amines is 1. The van der Waals surface area contributed by atoms with Gasteiger partial charge in [0.1, 0.15) is 0 Å².